The predicted octanol–water partition coefficient (Wildman–Crippen LogP) is 3.59. The van der Waals surface area contributed by atoms with Crippen LogP contribution in [0.4, 0.5) is 32.0 Å². The molecule has 0 bridgehead atoms. The molecule has 0 amide bonds. The SMILES string of the molecule is Cc1c(N)cccc1COC(C(F)(F)F)C(F)(F)F. The molecule has 1 aromatic rings. The first-order chi connectivity index (χ1) is 8.53. The summed E-state index contributed by atoms with van der Waals surface area (Å²) in [6.45, 7) is 0.671. The molecule has 1 aromatic carbocycles. The third-order valence-corrected chi connectivity index (χ3v) is 2.49. The van der Waals surface area contributed by atoms with E-state index in [0.717, 1.165) is 0 Å². The highest BCUT2D eigenvalue weighted by Crippen LogP contribution is 2.36. The minimum absolute atomic E-state index is 0.179. The second-order valence-corrected chi connectivity index (χ2v) is 3.91. The van der Waals surface area contributed by atoms with Crippen molar-refractivity contribution in [1.29, 1.82) is 0 Å². The Morgan fingerprint density at radius 3 is 2.11 bits per heavy atom. The number of hydrogen-bond donors (Lipinski definition) is 1. The highest BCUT2D eigenvalue weighted by Gasteiger charge is 2.57. The van der Waals surface area contributed by atoms with Crippen molar-refractivity contribution in [3.8, 4) is 0 Å². The maximum Gasteiger partial charge on any atom is 0.423 e. The average molecular weight is 287 g/mol. The number of ether oxygens (including phenoxy) is 1. The molecule has 0 radical (unpaired) electrons. The number of nitrogen functional groups attached to an aromatic ring is 1. The quantitative estimate of drug-likeness (QED) is 0.681. The summed E-state index contributed by atoms with van der Waals surface area (Å²) in [5.41, 5.74) is 6.35. The Morgan fingerprint density at radius 1 is 1.11 bits per heavy atom. The summed E-state index contributed by atoms with van der Waals surface area (Å²) in [7, 11) is 0. The summed E-state index contributed by atoms with van der Waals surface area (Å²) < 4.78 is 77.4. The van der Waals surface area contributed by atoms with Gasteiger partial charge in [0.1, 0.15) is 0 Å². The van der Waals surface area contributed by atoms with E-state index < -0.39 is 25.1 Å². The van der Waals surface area contributed by atoms with Crippen LogP contribution in [0.3, 0.4) is 0 Å². The first-order valence-electron chi connectivity index (χ1n) is 5.12. The van der Waals surface area contributed by atoms with Gasteiger partial charge in [0.05, 0.1) is 6.61 Å². The van der Waals surface area contributed by atoms with E-state index in [0.29, 0.717) is 5.56 Å². The summed E-state index contributed by atoms with van der Waals surface area (Å²) >= 11 is 0. The Labute approximate surface area is 105 Å². The molecule has 8 heteroatoms. The number of anilines is 1. The van der Waals surface area contributed by atoms with Crippen LogP contribution in [0, 0.1) is 6.92 Å². The molecule has 0 saturated carbocycles. The van der Waals surface area contributed by atoms with E-state index in [1.165, 1.54) is 25.1 Å². The second kappa shape index (κ2) is 5.28. The van der Waals surface area contributed by atoms with Gasteiger partial charge < -0.3 is 10.5 Å². The molecule has 0 fully saturated rings. The van der Waals surface area contributed by atoms with Crippen molar-refractivity contribution in [2.24, 2.45) is 0 Å². The lowest BCUT2D eigenvalue weighted by molar-refractivity contribution is -0.324. The zero-order valence-corrected chi connectivity index (χ0v) is 9.77. The second-order valence-electron chi connectivity index (χ2n) is 3.91. The summed E-state index contributed by atoms with van der Waals surface area (Å²) in [4.78, 5) is 0. The van der Waals surface area contributed by atoms with Crippen LogP contribution >= 0.6 is 0 Å². The van der Waals surface area contributed by atoms with Crippen molar-refractivity contribution >= 4 is 5.69 Å². The Morgan fingerprint density at radius 2 is 1.63 bits per heavy atom. The summed E-state index contributed by atoms with van der Waals surface area (Å²) in [6, 6.07) is 4.27. The van der Waals surface area contributed by atoms with Crippen LogP contribution in [0.15, 0.2) is 18.2 Å². The van der Waals surface area contributed by atoms with E-state index in [1.807, 2.05) is 0 Å². The van der Waals surface area contributed by atoms with Crippen LogP contribution in [0.2, 0.25) is 0 Å². The van der Waals surface area contributed by atoms with Gasteiger partial charge in [-0.15, -0.1) is 0 Å². The molecular formula is C11H11F6NO. The van der Waals surface area contributed by atoms with Crippen LogP contribution < -0.4 is 5.73 Å². The van der Waals surface area contributed by atoms with Gasteiger partial charge in [-0.05, 0) is 24.1 Å². The normalized spacial score (nSPS) is 13.1. The zero-order chi connectivity index (χ0) is 14.8. The van der Waals surface area contributed by atoms with Crippen LogP contribution in [-0.2, 0) is 11.3 Å². The van der Waals surface area contributed by atoms with Crippen molar-refractivity contribution in [2.75, 3.05) is 5.73 Å². The van der Waals surface area contributed by atoms with Gasteiger partial charge in [0.25, 0.3) is 0 Å². The van der Waals surface area contributed by atoms with Crippen LogP contribution in [-0.4, -0.2) is 18.5 Å². The fraction of sp³-hybridized carbons (Fsp3) is 0.455. The maximum atomic E-state index is 12.2. The molecule has 0 heterocycles. The smallest absolute Gasteiger partial charge is 0.399 e. The number of halogens is 6. The average Bonchev–Trinajstić information content (AvgIpc) is 2.20. The Balaban J connectivity index is 2.86. The molecule has 0 aliphatic carbocycles. The number of benzene rings is 1. The van der Waals surface area contributed by atoms with Crippen LogP contribution in [0.25, 0.3) is 0 Å². The van der Waals surface area contributed by atoms with Gasteiger partial charge >= 0.3 is 12.4 Å². The lowest BCUT2D eigenvalue weighted by atomic mass is 10.1. The minimum atomic E-state index is -5.51. The van der Waals surface area contributed by atoms with Crippen LogP contribution in [0.1, 0.15) is 11.1 Å². The van der Waals surface area contributed by atoms with E-state index in [2.05, 4.69) is 4.74 Å². The number of alkyl halides is 6. The zero-order valence-electron chi connectivity index (χ0n) is 9.77. The first kappa shape index (κ1) is 15.6. The van der Waals surface area contributed by atoms with Crippen LogP contribution in [0.5, 0.6) is 0 Å². The Bertz CT molecular complexity index is 426. The molecule has 0 unspecified atom stereocenters. The van der Waals surface area contributed by atoms with Gasteiger partial charge in [0.2, 0.25) is 6.10 Å². The first-order valence-corrected chi connectivity index (χ1v) is 5.12. The van der Waals surface area contributed by atoms with Crippen molar-refractivity contribution in [1.82, 2.24) is 0 Å². The summed E-state index contributed by atoms with van der Waals surface area (Å²) in [6.07, 6.45) is -14.8. The number of hydrogen-bond acceptors (Lipinski definition) is 2. The van der Waals surface area contributed by atoms with Gasteiger partial charge in [-0.1, -0.05) is 12.1 Å². The fourth-order valence-electron chi connectivity index (χ4n) is 1.41. The molecule has 2 N–H and O–H groups in total. The molecule has 108 valence electrons. The van der Waals surface area contributed by atoms with Gasteiger partial charge in [0, 0.05) is 5.69 Å². The fourth-order valence-corrected chi connectivity index (χ4v) is 1.41. The van der Waals surface area contributed by atoms with E-state index in [1.54, 1.807) is 0 Å². The Hall–Kier alpha value is -1.44. The standard InChI is InChI=1S/C11H11F6NO/c1-6-7(3-2-4-8(6)18)5-19-9(10(12,13)14)11(15,16)17/h2-4,9H,5,18H2,1H3. The maximum absolute atomic E-state index is 12.2. The highest BCUT2D eigenvalue weighted by molar-refractivity contribution is 5.49. The van der Waals surface area contributed by atoms with Gasteiger partial charge in [-0.2, -0.15) is 26.3 Å². The lowest BCUT2D eigenvalue weighted by Gasteiger charge is -2.23. The van der Waals surface area contributed by atoms with E-state index in [9.17, 15) is 26.3 Å². The molecule has 19 heavy (non-hydrogen) atoms. The third kappa shape index (κ3) is 4.02. The largest absolute Gasteiger partial charge is 0.423 e. The van der Waals surface area contributed by atoms with Crippen molar-refractivity contribution in [3.05, 3.63) is 29.3 Å². The molecule has 0 aliphatic rings. The molecule has 0 aromatic heterocycles. The molecule has 0 aliphatic heterocycles. The monoisotopic (exact) mass is 287 g/mol. The third-order valence-electron chi connectivity index (χ3n) is 2.49. The van der Waals surface area contributed by atoms with Crippen molar-refractivity contribution < 1.29 is 31.1 Å². The summed E-state index contributed by atoms with van der Waals surface area (Å²) in [5, 5.41) is 0. The number of nitrogens with two attached hydrogens (primary N) is 1. The molecule has 1 rings (SSSR count). The minimum Gasteiger partial charge on any atom is -0.399 e. The van der Waals surface area contributed by atoms with Crippen molar-refractivity contribution in [3.63, 3.8) is 0 Å². The lowest BCUT2D eigenvalue weighted by Crippen LogP contribution is -2.44. The molecule has 0 atom stereocenters. The predicted molar refractivity (Wildman–Crippen MR) is 56.3 cm³/mol. The molecular weight excluding hydrogens is 276 g/mol. The van der Waals surface area contributed by atoms with Gasteiger partial charge in [0.15, 0.2) is 0 Å². The van der Waals surface area contributed by atoms with Gasteiger partial charge in [-0.3, -0.25) is 0 Å². The number of rotatable bonds is 3. The molecule has 0 saturated heterocycles. The van der Waals surface area contributed by atoms with E-state index >= 15 is 0 Å². The molecule has 0 spiro atoms. The van der Waals surface area contributed by atoms with Gasteiger partial charge in [-0.25, -0.2) is 0 Å². The Kier molecular flexibility index (Phi) is 4.34. The summed E-state index contributed by atoms with van der Waals surface area (Å²) in [5.74, 6) is 0. The van der Waals surface area contributed by atoms with Crippen molar-refractivity contribution in [2.45, 2.75) is 32.0 Å². The molecule has 2 nitrogen and oxygen atoms in total. The van der Waals surface area contributed by atoms with E-state index in [4.69, 9.17) is 5.73 Å². The van der Waals surface area contributed by atoms with E-state index in [-0.39, 0.29) is 11.3 Å². The topological polar surface area (TPSA) is 35.2 Å². The highest BCUT2D eigenvalue weighted by atomic mass is 19.4.